The molecule has 3 amide bonds. The molecule has 1 saturated heterocycles. The van der Waals surface area contributed by atoms with Crippen LogP contribution in [-0.4, -0.2) is 54.1 Å². The maximum Gasteiger partial charge on any atom is 0.324 e. The Hall–Kier alpha value is -3.49. The number of carboxylic acids is 1. The third-order valence-corrected chi connectivity index (χ3v) is 7.75. The van der Waals surface area contributed by atoms with Crippen molar-refractivity contribution in [2.45, 2.75) is 57.4 Å². The second kappa shape index (κ2) is 11.3. The van der Waals surface area contributed by atoms with Crippen molar-refractivity contribution in [1.29, 1.82) is 0 Å². The van der Waals surface area contributed by atoms with E-state index in [-0.39, 0.29) is 50.3 Å². The monoisotopic (exact) mass is 513 g/mol. The van der Waals surface area contributed by atoms with E-state index in [4.69, 9.17) is 0 Å². The third kappa shape index (κ3) is 5.92. The Labute approximate surface area is 215 Å². The van der Waals surface area contributed by atoms with Crippen LogP contribution in [0.5, 0.6) is 0 Å². The molecule has 1 saturated carbocycles. The van der Waals surface area contributed by atoms with Crippen molar-refractivity contribution in [3.05, 3.63) is 60.2 Å². The molecule has 0 atom stereocenters. The summed E-state index contributed by atoms with van der Waals surface area (Å²) in [5.74, 6) is -2.14. The number of aliphatic carboxylic acids is 1. The van der Waals surface area contributed by atoms with Crippen molar-refractivity contribution in [2.75, 3.05) is 29.9 Å². The minimum atomic E-state index is -1.30. The molecule has 0 aromatic heterocycles. The Balaban J connectivity index is 1.48. The minimum absolute atomic E-state index is 0.0522. The molecule has 1 heterocycles. The van der Waals surface area contributed by atoms with Gasteiger partial charge in [-0.25, -0.2) is 13.6 Å². The van der Waals surface area contributed by atoms with Gasteiger partial charge in [-0.1, -0.05) is 19.3 Å². The Morgan fingerprint density at radius 2 is 1.41 bits per heavy atom. The zero-order chi connectivity index (χ0) is 26.6. The maximum absolute atomic E-state index is 13.7. The Bertz CT molecular complexity index is 1110. The van der Waals surface area contributed by atoms with Crippen molar-refractivity contribution in [3.63, 3.8) is 0 Å². The van der Waals surface area contributed by atoms with E-state index in [9.17, 15) is 28.3 Å². The van der Waals surface area contributed by atoms with Crippen molar-refractivity contribution in [3.8, 4) is 0 Å². The van der Waals surface area contributed by atoms with E-state index in [1.54, 1.807) is 29.0 Å². The van der Waals surface area contributed by atoms with Crippen LogP contribution < -0.4 is 9.80 Å². The molecule has 4 rings (SSSR count). The van der Waals surface area contributed by atoms with Crippen LogP contribution in [0.15, 0.2) is 48.5 Å². The van der Waals surface area contributed by atoms with Crippen LogP contribution in [0.2, 0.25) is 0 Å². The summed E-state index contributed by atoms with van der Waals surface area (Å²) in [6.45, 7) is 0.369. The number of nitrogens with zero attached hydrogens (tertiary/aromatic N) is 3. The predicted molar refractivity (Wildman–Crippen MR) is 136 cm³/mol. The number of carbonyl (C=O) groups excluding carboxylic acids is 2. The first kappa shape index (κ1) is 26.6. The zero-order valence-electron chi connectivity index (χ0n) is 21.0. The van der Waals surface area contributed by atoms with Crippen molar-refractivity contribution < 1.29 is 28.3 Å². The van der Waals surface area contributed by atoms with E-state index in [0.717, 1.165) is 32.1 Å². The number of likely N-dealkylation sites (tertiary alicyclic amines) is 1. The molecule has 9 heteroatoms. The number of halogens is 2. The minimum Gasteiger partial charge on any atom is -0.481 e. The number of carboxylic acid groups (broad SMARTS) is 1. The summed E-state index contributed by atoms with van der Waals surface area (Å²) in [6, 6.07) is 11.0. The van der Waals surface area contributed by atoms with Crippen LogP contribution in [0.25, 0.3) is 0 Å². The van der Waals surface area contributed by atoms with E-state index in [1.807, 2.05) is 0 Å². The van der Waals surface area contributed by atoms with Crippen molar-refractivity contribution >= 4 is 29.3 Å². The van der Waals surface area contributed by atoms with Gasteiger partial charge in [-0.05, 0) is 74.2 Å². The fraction of sp³-hybridized carbons (Fsp3) is 0.464. The summed E-state index contributed by atoms with van der Waals surface area (Å²) in [4.78, 5) is 43.8. The smallest absolute Gasteiger partial charge is 0.324 e. The predicted octanol–water partition coefficient (Wildman–Crippen LogP) is 5.44. The molecule has 198 valence electrons. The second-order valence-corrected chi connectivity index (χ2v) is 10.1. The van der Waals surface area contributed by atoms with Crippen molar-refractivity contribution in [1.82, 2.24) is 4.90 Å². The number of hydrogen-bond acceptors (Lipinski definition) is 3. The molecule has 0 radical (unpaired) electrons. The Morgan fingerprint density at radius 1 is 0.892 bits per heavy atom. The Morgan fingerprint density at radius 3 is 1.92 bits per heavy atom. The molecule has 7 nitrogen and oxygen atoms in total. The van der Waals surface area contributed by atoms with Crippen LogP contribution in [0.4, 0.5) is 25.0 Å². The lowest BCUT2D eigenvalue weighted by atomic mass is 9.75. The van der Waals surface area contributed by atoms with Crippen molar-refractivity contribution in [2.24, 2.45) is 5.41 Å². The van der Waals surface area contributed by atoms with Gasteiger partial charge in [0, 0.05) is 44.0 Å². The summed E-state index contributed by atoms with van der Waals surface area (Å²) in [6.07, 6.45) is 4.79. The van der Waals surface area contributed by atoms with E-state index in [2.05, 4.69) is 0 Å². The lowest BCUT2D eigenvalue weighted by molar-refractivity contribution is -0.154. The molecular formula is C28H33F2N3O4. The van der Waals surface area contributed by atoms with Gasteiger partial charge in [0.05, 0.1) is 5.41 Å². The van der Waals surface area contributed by atoms with Crippen LogP contribution in [0.3, 0.4) is 0 Å². The van der Waals surface area contributed by atoms with Gasteiger partial charge in [-0.3, -0.25) is 14.5 Å². The van der Waals surface area contributed by atoms with E-state index >= 15 is 0 Å². The SMILES string of the molecule is CN(C(=O)N1CCC(CC(=O)N(c2ccc(F)cc2)C2CCCCC2)(C(=O)O)CC1)c1ccc(F)cc1. The van der Waals surface area contributed by atoms with Gasteiger partial charge < -0.3 is 14.9 Å². The quantitative estimate of drug-likeness (QED) is 0.558. The van der Waals surface area contributed by atoms with Crippen LogP contribution in [-0.2, 0) is 9.59 Å². The number of amides is 3. The summed E-state index contributed by atoms with van der Waals surface area (Å²) >= 11 is 0. The number of anilines is 2. The topological polar surface area (TPSA) is 81.2 Å². The third-order valence-electron chi connectivity index (χ3n) is 7.75. The molecule has 1 aliphatic heterocycles. The van der Waals surface area contributed by atoms with Gasteiger partial charge >= 0.3 is 12.0 Å². The molecule has 2 fully saturated rings. The van der Waals surface area contributed by atoms with Crippen LogP contribution >= 0.6 is 0 Å². The fourth-order valence-corrected chi connectivity index (χ4v) is 5.45. The molecule has 0 bridgehead atoms. The van der Waals surface area contributed by atoms with E-state index in [0.29, 0.717) is 11.4 Å². The molecule has 2 aromatic carbocycles. The zero-order valence-corrected chi connectivity index (χ0v) is 21.0. The van der Waals surface area contributed by atoms with E-state index in [1.165, 1.54) is 41.3 Å². The number of benzene rings is 2. The molecular weight excluding hydrogens is 480 g/mol. The van der Waals surface area contributed by atoms with Crippen LogP contribution in [0, 0.1) is 17.0 Å². The van der Waals surface area contributed by atoms with Gasteiger partial charge in [0.1, 0.15) is 11.6 Å². The summed E-state index contributed by atoms with van der Waals surface area (Å²) in [5.41, 5.74) is -0.193. The van der Waals surface area contributed by atoms with Gasteiger partial charge in [0.25, 0.3) is 0 Å². The first-order chi connectivity index (χ1) is 17.7. The lowest BCUT2D eigenvalue weighted by Crippen LogP contribution is -2.52. The number of piperidine rings is 1. The largest absolute Gasteiger partial charge is 0.481 e. The number of hydrogen-bond donors (Lipinski definition) is 1. The van der Waals surface area contributed by atoms with Gasteiger partial charge in [-0.2, -0.15) is 0 Å². The molecule has 2 aliphatic rings. The average Bonchev–Trinajstić information content (AvgIpc) is 2.90. The standard InChI is InChI=1S/C28H33F2N3O4/c1-31(22-11-7-20(29)8-12-22)27(37)32-17-15-28(16-18-32,26(35)36)19-25(34)33(23-5-3-2-4-6-23)24-13-9-21(30)10-14-24/h7-14,23H,2-6,15-19H2,1H3,(H,35,36). The van der Waals surface area contributed by atoms with Gasteiger partial charge in [-0.15, -0.1) is 0 Å². The highest BCUT2D eigenvalue weighted by molar-refractivity contribution is 5.97. The maximum atomic E-state index is 13.7. The molecule has 2 aromatic rings. The normalized spacial score (nSPS) is 17.8. The highest BCUT2D eigenvalue weighted by atomic mass is 19.1. The highest BCUT2D eigenvalue weighted by Gasteiger charge is 2.46. The molecule has 1 aliphatic carbocycles. The first-order valence-electron chi connectivity index (χ1n) is 12.8. The summed E-state index contributed by atoms with van der Waals surface area (Å²) in [5, 5.41) is 10.2. The van der Waals surface area contributed by atoms with Crippen LogP contribution in [0.1, 0.15) is 51.4 Å². The summed E-state index contributed by atoms with van der Waals surface area (Å²) in [7, 11) is 1.59. The lowest BCUT2D eigenvalue weighted by Gasteiger charge is -2.41. The Kier molecular flexibility index (Phi) is 8.10. The molecule has 37 heavy (non-hydrogen) atoms. The van der Waals surface area contributed by atoms with Gasteiger partial charge in [0.15, 0.2) is 0 Å². The van der Waals surface area contributed by atoms with E-state index < -0.39 is 23.0 Å². The second-order valence-electron chi connectivity index (χ2n) is 10.1. The fourth-order valence-electron chi connectivity index (χ4n) is 5.45. The molecule has 0 spiro atoms. The number of rotatable bonds is 6. The first-order valence-corrected chi connectivity index (χ1v) is 12.8. The average molecular weight is 514 g/mol. The highest BCUT2D eigenvalue weighted by Crippen LogP contribution is 2.38. The molecule has 1 N–H and O–H groups in total. The number of urea groups is 1. The van der Waals surface area contributed by atoms with Gasteiger partial charge in [0.2, 0.25) is 5.91 Å². The number of carbonyl (C=O) groups is 3. The molecule has 0 unspecified atom stereocenters. The summed E-state index contributed by atoms with van der Waals surface area (Å²) < 4.78 is 26.8.